The van der Waals surface area contributed by atoms with Gasteiger partial charge in [-0.2, -0.15) is 0 Å². The molecule has 1 fully saturated rings. The molecule has 0 aliphatic carbocycles. The first-order valence-corrected chi connectivity index (χ1v) is 9.79. The van der Waals surface area contributed by atoms with Crippen molar-refractivity contribution < 1.29 is 4.79 Å². The van der Waals surface area contributed by atoms with Gasteiger partial charge in [-0.15, -0.1) is 0 Å². The Morgan fingerprint density at radius 2 is 2.22 bits per heavy atom. The molecule has 0 spiro atoms. The summed E-state index contributed by atoms with van der Waals surface area (Å²) in [5.41, 5.74) is 1.49. The van der Waals surface area contributed by atoms with Crippen LogP contribution in [0, 0.1) is 11.8 Å². The van der Waals surface area contributed by atoms with Gasteiger partial charge in [0.25, 0.3) is 0 Å². The van der Waals surface area contributed by atoms with Gasteiger partial charge in [0, 0.05) is 24.8 Å². The summed E-state index contributed by atoms with van der Waals surface area (Å²) < 4.78 is 0. The predicted molar refractivity (Wildman–Crippen MR) is 110 cm³/mol. The molecular weight excluding hydrogens is 362 g/mol. The molecule has 27 heavy (non-hydrogen) atoms. The second-order valence-electron chi connectivity index (χ2n) is 7.26. The lowest BCUT2D eigenvalue weighted by molar-refractivity contribution is -0.120. The van der Waals surface area contributed by atoms with E-state index >= 15 is 0 Å². The SMILES string of the molecule is CC(C)CNc1cccc(-c2cc(NC(=O)[C@@H]3CCCNC3)ncc2Cl)n1. The van der Waals surface area contributed by atoms with Crippen molar-refractivity contribution in [2.75, 3.05) is 30.3 Å². The first-order chi connectivity index (χ1) is 13.0. The number of amides is 1. The van der Waals surface area contributed by atoms with Gasteiger partial charge in [0.1, 0.15) is 11.6 Å². The van der Waals surface area contributed by atoms with Gasteiger partial charge in [0.2, 0.25) is 5.91 Å². The highest BCUT2D eigenvalue weighted by Crippen LogP contribution is 2.29. The first kappa shape index (κ1) is 19.6. The molecule has 0 aromatic carbocycles. The lowest BCUT2D eigenvalue weighted by Crippen LogP contribution is -2.37. The van der Waals surface area contributed by atoms with E-state index in [-0.39, 0.29) is 11.8 Å². The summed E-state index contributed by atoms with van der Waals surface area (Å²) in [6, 6.07) is 7.55. The Balaban J connectivity index is 1.77. The van der Waals surface area contributed by atoms with Gasteiger partial charge in [-0.1, -0.05) is 31.5 Å². The molecule has 0 radical (unpaired) electrons. The van der Waals surface area contributed by atoms with E-state index < -0.39 is 0 Å². The molecule has 0 saturated carbocycles. The summed E-state index contributed by atoms with van der Waals surface area (Å²) in [5, 5.41) is 9.98. The van der Waals surface area contributed by atoms with Gasteiger partial charge in [0.05, 0.1) is 16.6 Å². The second kappa shape index (κ2) is 9.15. The maximum atomic E-state index is 12.5. The molecule has 1 amide bonds. The average molecular weight is 388 g/mol. The highest BCUT2D eigenvalue weighted by Gasteiger charge is 2.21. The number of nitrogens with one attached hydrogen (secondary N) is 3. The number of hydrogen-bond donors (Lipinski definition) is 3. The quantitative estimate of drug-likeness (QED) is 0.702. The zero-order chi connectivity index (χ0) is 19.2. The van der Waals surface area contributed by atoms with Crippen LogP contribution in [0.1, 0.15) is 26.7 Å². The zero-order valence-electron chi connectivity index (χ0n) is 15.8. The number of anilines is 2. The fraction of sp³-hybridized carbons (Fsp3) is 0.450. The van der Waals surface area contributed by atoms with Crippen LogP contribution in [0.3, 0.4) is 0 Å². The summed E-state index contributed by atoms with van der Waals surface area (Å²) in [4.78, 5) is 21.3. The molecular formula is C20H26ClN5O. The molecule has 0 bridgehead atoms. The monoisotopic (exact) mass is 387 g/mol. The maximum absolute atomic E-state index is 12.5. The summed E-state index contributed by atoms with van der Waals surface area (Å²) in [6.45, 7) is 6.81. The molecule has 1 aliphatic rings. The van der Waals surface area contributed by atoms with Gasteiger partial charge in [-0.3, -0.25) is 4.79 Å². The van der Waals surface area contributed by atoms with Crippen LogP contribution < -0.4 is 16.0 Å². The van der Waals surface area contributed by atoms with Crippen molar-refractivity contribution in [1.82, 2.24) is 15.3 Å². The summed E-state index contributed by atoms with van der Waals surface area (Å²) >= 11 is 6.35. The normalized spacial score (nSPS) is 17.0. The molecule has 1 saturated heterocycles. The highest BCUT2D eigenvalue weighted by atomic mass is 35.5. The minimum absolute atomic E-state index is 0.0108. The number of pyridine rings is 2. The minimum Gasteiger partial charge on any atom is -0.370 e. The van der Waals surface area contributed by atoms with Crippen LogP contribution >= 0.6 is 11.6 Å². The number of aromatic nitrogens is 2. The molecule has 3 N–H and O–H groups in total. The average Bonchev–Trinajstić information content (AvgIpc) is 2.68. The number of carbonyl (C=O) groups is 1. The van der Waals surface area contributed by atoms with Gasteiger partial charge < -0.3 is 16.0 Å². The second-order valence-corrected chi connectivity index (χ2v) is 7.67. The van der Waals surface area contributed by atoms with Crippen molar-refractivity contribution in [1.29, 1.82) is 0 Å². The van der Waals surface area contributed by atoms with Gasteiger partial charge in [-0.25, -0.2) is 9.97 Å². The molecule has 0 unspecified atom stereocenters. The van der Waals surface area contributed by atoms with Crippen LogP contribution in [0.4, 0.5) is 11.6 Å². The number of nitrogens with zero attached hydrogens (tertiary/aromatic N) is 2. The molecule has 1 atom stereocenters. The van der Waals surface area contributed by atoms with Crippen molar-refractivity contribution in [2.24, 2.45) is 11.8 Å². The van der Waals surface area contributed by atoms with E-state index in [1.807, 2.05) is 18.2 Å². The molecule has 3 heterocycles. The lowest BCUT2D eigenvalue weighted by atomic mass is 9.99. The molecule has 3 rings (SSSR count). The number of rotatable bonds is 6. The number of halogens is 1. The maximum Gasteiger partial charge on any atom is 0.229 e. The van der Waals surface area contributed by atoms with Gasteiger partial charge in [-0.05, 0) is 43.5 Å². The number of carbonyl (C=O) groups excluding carboxylic acids is 1. The van der Waals surface area contributed by atoms with Crippen LogP contribution in [-0.2, 0) is 4.79 Å². The number of piperidine rings is 1. The van der Waals surface area contributed by atoms with Crippen molar-refractivity contribution in [2.45, 2.75) is 26.7 Å². The van der Waals surface area contributed by atoms with E-state index in [0.29, 0.717) is 23.3 Å². The molecule has 2 aromatic heterocycles. The van der Waals surface area contributed by atoms with Crippen molar-refractivity contribution in [3.05, 3.63) is 35.5 Å². The topological polar surface area (TPSA) is 78.9 Å². The lowest BCUT2D eigenvalue weighted by Gasteiger charge is -2.21. The van der Waals surface area contributed by atoms with E-state index in [9.17, 15) is 4.79 Å². The van der Waals surface area contributed by atoms with E-state index in [1.54, 1.807) is 12.3 Å². The van der Waals surface area contributed by atoms with Crippen LogP contribution in [0.5, 0.6) is 0 Å². The summed E-state index contributed by atoms with van der Waals surface area (Å²) in [6.07, 6.45) is 3.46. The van der Waals surface area contributed by atoms with E-state index in [4.69, 9.17) is 11.6 Å². The highest BCUT2D eigenvalue weighted by molar-refractivity contribution is 6.33. The fourth-order valence-corrected chi connectivity index (χ4v) is 3.20. The van der Waals surface area contributed by atoms with Crippen molar-refractivity contribution in [3.8, 4) is 11.3 Å². The Labute approximate surface area is 165 Å². The summed E-state index contributed by atoms with van der Waals surface area (Å²) in [7, 11) is 0. The number of hydrogen-bond acceptors (Lipinski definition) is 5. The van der Waals surface area contributed by atoms with Crippen LogP contribution in [0.25, 0.3) is 11.3 Å². The predicted octanol–water partition coefficient (Wildman–Crippen LogP) is 3.80. The Hall–Kier alpha value is -2.18. The van der Waals surface area contributed by atoms with E-state index in [0.717, 1.165) is 43.0 Å². The minimum atomic E-state index is -0.0265. The first-order valence-electron chi connectivity index (χ1n) is 9.41. The molecule has 6 nitrogen and oxygen atoms in total. The standard InChI is InChI=1S/C20H26ClN5O/c1-13(2)10-23-18-7-3-6-17(25-18)15-9-19(24-12-16(15)21)26-20(27)14-5-4-8-22-11-14/h3,6-7,9,12-14,22H,4-5,8,10-11H2,1-2H3,(H,23,25)(H,24,26,27)/t14-/m1/s1. The zero-order valence-corrected chi connectivity index (χ0v) is 16.5. The third-order valence-electron chi connectivity index (χ3n) is 4.49. The fourth-order valence-electron chi connectivity index (χ4n) is 3.00. The molecule has 2 aromatic rings. The Morgan fingerprint density at radius 3 is 2.96 bits per heavy atom. The van der Waals surface area contributed by atoms with Gasteiger partial charge >= 0.3 is 0 Å². The van der Waals surface area contributed by atoms with Gasteiger partial charge in [0.15, 0.2) is 0 Å². The van der Waals surface area contributed by atoms with E-state index in [1.165, 1.54) is 0 Å². The Kier molecular flexibility index (Phi) is 6.63. The third kappa shape index (κ3) is 5.40. The third-order valence-corrected chi connectivity index (χ3v) is 4.79. The molecule has 1 aliphatic heterocycles. The van der Waals surface area contributed by atoms with E-state index in [2.05, 4.69) is 39.8 Å². The van der Waals surface area contributed by atoms with Crippen molar-refractivity contribution in [3.63, 3.8) is 0 Å². The van der Waals surface area contributed by atoms with Crippen LogP contribution in [0.15, 0.2) is 30.5 Å². The Bertz CT molecular complexity index is 790. The largest absolute Gasteiger partial charge is 0.370 e. The van der Waals surface area contributed by atoms with Crippen LogP contribution in [0.2, 0.25) is 5.02 Å². The van der Waals surface area contributed by atoms with Crippen molar-refractivity contribution >= 4 is 29.1 Å². The summed E-state index contributed by atoms with van der Waals surface area (Å²) in [5.74, 6) is 1.78. The Morgan fingerprint density at radius 1 is 1.37 bits per heavy atom. The molecule has 144 valence electrons. The smallest absolute Gasteiger partial charge is 0.229 e. The van der Waals surface area contributed by atoms with Crippen LogP contribution in [-0.4, -0.2) is 35.5 Å². The molecule has 7 heteroatoms.